The number of amides is 1. The SMILES string of the molecule is CC(N)CCNC(=O)c1nccnc1N. The molecule has 0 saturated heterocycles. The first-order valence-corrected chi connectivity index (χ1v) is 4.71. The van der Waals surface area contributed by atoms with E-state index in [2.05, 4.69) is 15.3 Å². The van der Waals surface area contributed by atoms with E-state index in [1.807, 2.05) is 6.92 Å². The van der Waals surface area contributed by atoms with Crippen LogP contribution in [0.5, 0.6) is 0 Å². The standard InChI is InChI=1S/C9H15N5O/c1-6(10)2-3-14-9(15)7-8(11)13-5-4-12-7/h4-6H,2-3,10H2,1H3,(H2,11,13)(H,14,15). The summed E-state index contributed by atoms with van der Waals surface area (Å²) in [6.07, 6.45) is 3.58. The van der Waals surface area contributed by atoms with Crippen LogP contribution in [-0.4, -0.2) is 28.5 Å². The van der Waals surface area contributed by atoms with Crippen molar-refractivity contribution in [2.75, 3.05) is 12.3 Å². The van der Waals surface area contributed by atoms with Crippen molar-refractivity contribution in [3.05, 3.63) is 18.1 Å². The third-order valence-corrected chi connectivity index (χ3v) is 1.83. The minimum absolute atomic E-state index is 0.0597. The van der Waals surface area contributed by atoms with Gasteiger partial charge >= 0.3 is 0 Å². The summed E-state index contributed by atoms with van der Waals surface area (Å²) in [7, 11) is 0. The first-order valence-electron chi connectivity index (χ1n) is 4.71. The molecule has 0 spiro atoms. The highest BCUT2D eigenvalue weighted by atomic mass is 16.1. The van der Waals surface area contributed by atoms with Gasteiger partial charge in [-0.2, -0.15) is 0 Å². The third-order valence-electron chi connectivity index (χ3n) is 1.83. The average Bonchev–Trinajstić information content (AvgIpc) is 2.17. The van der Waals surface area contributed by atoms with Crippen molar-refractivity contribution in [3.8, 4) is 0 Å². The van der Waals surface area contributed by atoms with E-state index in [0.717, 1.165) is 0 Å². The fraction of sp³-hybridized carbons (Fsp3) is 0.444. The largest absolute Gasteiger partial charge is 0.382 e. The lowest BCUT2D eigenvalue weighted by Gasteiger charge is -2.07. The zero-order valence-electron chi connectivity index (χ0n) is 8.60. The van der Waals surface area contributed by atoms with Gasteiger partial charge in [0.2, 0.25) is 0 Å². The van der Waals surface area contributed by atoms with E-state index < -0.39 is 0 Å². The molecule has 1 aromatic heterocycles. The predicted octanol–water partition coefficient (Wildman–Crippen LogP) is -0.474. The molecule has 0 aliphatic heterocycles. The number of carbonyl (C=O) groups excluding carboxylic acids is 1. The maximum Gasteiger partial charge on any atom is 0.273 e. The van der Waals surface area contributed by atoms with Crippen LogP contribution in [0.15, 0.2) is 12.4 Å². The Morgan fingerprint density at radius 3 is 2.80 bits per heavy atom. The summed E-state index contributed by atoms with van der Waals surface area (Å²) in [5, 5.41) is 2.67. The highest BCUT2D eigenvalue weighted by molar-refractivity contribution is 5.96. The highest BCUT2D eigenvalue weighted by Gasteiger charge is 2.10. The molecular formula is C9H15N5O. The minimum Gasteiger partial charge on any atom is -0.382 e. The van der Waals surface area contributed by atoms with Crippen LogP contribution in [0.1, 0.15) is 23.8 Å². The Bertz CT molecular complexity index is 339. The zero-order chi connectivity index (χ0) is 11.3. The van der Waals surface area contributed by atoms with Crippen molar-refractivity contribution in [1.29, 1.82) is 0 Å². The van der Waals surface area contributed by atoms with E-state index in [-0.39, 0.29) is 23.5 Å². The number of nitrogens with one attached hydrogen (secondary N) is 1. The summed E-state index contributed by atoms with van der Waals surface area (Å²) in [5.41, 5.74) is 11.2. The summed E-state index contributed by atoms with van der Waals surface area (Å²) in [4.78, 5) is 19.1. The van der Waals surface area contributed by atoms with Crippen molar-refractivity contribution < 1.29 is 4.79 Å². The maximum atomic E-state index is 11.5. The second-order valence-corrected chi connectivity index (χ2v) is 3.31. The average molecular weight is 209 g/mol. The smallest absolute Gasteiger partial charge is 0.273 e. The molecule has 0 fully saturated rings. The van der Waals surface area contributed by atoms with Gasteiger partial charge < -0.3 is 16.8 Å². The van der Waals surface area contributed by atoms with Crippen LogP contribution in [0.25, 0.3) is 0 Å². The molecular weight excluding hydrogens is 194 g/mol. The van der Waals surface area contributed by atoms with Crippen molar-refractivity contribution >= 4 is 11.7 Å². The minimum atomic E-state index is -0.318. The molecule has 6 nitrogen and oxygen atoms in total. The first-order chi connectivity index (χ1) is 7.11. The van der Waals surface area contributed by atoms with Gasteiger partial charge in [-0.25, -0.2) is 9.97 Å². The lowest BCUT2D eigenvalue weighted by Crippen LogP contribution is -2.30. The summed E-state index contributed by atoms with van der Waals surface area (Å²) in [5.74, 6) is -0.183. The molecule has 82 valence electrons. The van der Waals surface area contributed by atoms with Gasteiger partial charge in [-0.05, 0) is 13.3 Å². The Morgan fingerprint density at radius 1 is 1.53 bits per heavy atom. The fourth-order valence-electron chi connectivity index (χ4n) is 1.02. The third kappa shape index (κ3) is 3.51. The van der Waals surface area contributed by atoms with Gasteiger partial charge in [0.1, 0.15) is 0 Å². The van der Waals surface area contributed by atoms with Gasteiger partial charge in [0, 0.05) is 25.0 Å². The van der Waals surface area contributed by atoms with Crippen LogP contribution >= 0.6 is 0 Å². The van der Waals surface area contributed by atoms with Crippen molar-refractivity contribution in [2.45, 2.75) is 19.4 Å². The van der Waals surface area contributed by atoms with Crippen molar-refractivity contribution in [1.82, 2.24) is 15.3 Å². The molecule has 0 aliphatic rings. The second kappa shape index (κ2) is 5.26. The van der Waals surface area contributed by atoms with E-state index in [4.69, 9.17) is 11.5 Å². The summed E-state index contributed by atoms with van der Waals surface area (Å²) in [6, 6.07) is 0.0597. The number of aromatic nitrogens is 2. The van der Waals surface area contributed by atoms with Crippen molar-refractivity contribution in [2.24, 2.45) is 5.73 Å². The Balaban J connectivity index is 2.51. The Kier molecular flexibility index (Phi) is 3.99. The molecule has 15 heavy (non-hydrogen) atoms. The number of hydrogen-bond acceptors (Lipinski definition) is 5. The Morgan fingerprint density at radius 2 is 2.20 bits per heavy atom. The quantitative estimate of drug-likeness (QED) is 0.621. The lowest BCUT2D eigenvalue weighted by molar-refractivity contribution is 0.0948. The lowest BCUT2D eigenvalue weighted by atomic mass is 10.2. The van der Waals surface area contributed by atoms with E-state index in [1.165, 1.54) is 12.4 Å². The molecule has 1 rings (SSSR count). The van der Waals surface area contributed by atoms with Crippen LogP contribution in [0.2, 0.25) is 0 Å². The van der Waals surface area contributed by atoms with Gasteiger partial charge in [0.05, 0.1) is 0 Å². The van der Waals surface area contributed by atoms with Gasteiger partial charge in [-0.15, -0.1) is 0 Å². The van der Waals surface area contributed by atoms with Crippen LogP contribution in [-0.2, 0) is 0 Å². The van der Waals surface area contributed by atoms with Crippen LogP contribution in [0.4, 0.5) is 5.82 Å². The zero-order valence-corrected chi connectivity index (χ0v) is 8.60. The van der Waals surface area contributed by atoms with Crippen LogP contribution < -0.4 is 16.8 Å². The van der Waals surface area contributed by atoms with Gasteiger partial charge in [-0.3, -0.25) is 4.79 Å². The molecule has 1 aromatic rings. The van der Waals surface area contributed by atoms with E-state index in [1.54, 1.807) is 0 Å². The number of rotatable bonds is 4. The molecule has 1 heterocycles. The second-order valence-electron chi connectivity index (χ2n) is 3.31. The van der Waals surface area contributed by atoms with E-state index >= 15 is 0 Å². The maximum absolute atomic E-state index is 11.5. The normalized spacial score (nSPS) is 12.1. The summed E-state index contributed by atoms with van der Waals surface area (Å²) < 4.78 is 0. The highest BCUT2D eigenvalue weighted by Crippen LogP contribution is 2.01. The number of carbonyl (C=O) groups is 1. The first kappa shape index (κ1) is 11.4. The molecule has 6 heteroatoms. The number of anilines is 1. The van der Waals surface area contributed by atoms with E-state index in [0.29, 0.717) is 13.0 Å². The van der Waals surface area contributed by atoms with Gasteiger partial charge in [0.15, 0.2) is 11.5 Å². The number of nitrogen functional groups attached to an aromatic ring is 1. The summed E-state index contributed by atoms with van der Waals surface area (Å²) >= 11 is 0. The fourth-order valence-corrected chi connectivity index (χ4v) is 1.02. The Hall–Kier alpha value is -1.69. The molecule has 0 radical (unpaired) electrons. The molecule has 1 atom stereocenters. The van der Waals surface area contributed by atoms with Crippen LogP contribution in [0, 0.1) is 0 Å². The van der Waals surface area contributed by atoms with Gasteiger partial charge in [0.25, 0.3) is 5.91 Å². The summed E-state index contributed by atoms with van der Waals surface area (Å²) in [6.45, 7) is 2.38. The molecule has 0 saturated carbocycles. The van der Waals surface area contributed by atoms with Gasteiger partial charge in [-0.1, -0.05) is 0 Å². The molecule has 5 N–H and O–H groups in total. The topological polar surface area (TPSA) is 107 Å². The molecule has 1 amide bonds. The molecule has 0 aliphatic carbocycles. The van der Waals surface area contributed by atoms with Crippen LogP contribution in [0.3, 0.4) is 0 Å². The molecule has 1 unspecified atom stereocenters. The Labute approximate surface area is 88.1 Å². The van der Waals surface area contributed by atoms with E-state index in [9.17, 15) is 4.79 Å². The monoisotopic (exact) mass is 209 g/mol. The number of nitrogens with zero attached hydrogens (tertiary/aromatic N) is 2. The van der Waals surface area contributed by atoms with Crippen molar-refractivity contribution in [3.63, 3.8) is 0 Å². The number of nitrogens with two attached hydrogens (primary N) is 2. The predicted molar refractivity (Wildman–Crippen MR) is 57.0 cm³/mol. The number of hydrogen-bond donors (Lipinski definition) is 3. The molecule has 0 bridgehead atoms. The molecule has 0 aromatic carbocycles.